The fourth-order valence-electron chi connectivity index (χ4n) is 5.04. The average molecular weight is 644 g/mol. The summed E-state index contributed by atoms with van der Waals surface area (Å²) < 4.78 is 33.1. The summed E-state index contributed by atoms with van der Waals surface area (Å²) in [4.78, 5) is 0. The second-order valence-electron chi connectivity index (χ2n) is 10.5. The maximum Gasteiger partial charge on any atom is 0.187 e. The van der Waals surface area contributed by atoms with E-state index in [0.29, 0.717) is 16.3 Å². The van der Waals surface area contributed by atoms with Gasteiger partial charge in [0, 0.05) is 0 Å². The van der Waals surface area contributed by atoms with Crippen LogP contribution >= 0.6 is 11.6 Å². The van der Waals surface area contributed by atoms with E-state index in [1.165, 1.54) is 0 Å². The Morgan fingerprint density at radius 1 is 0.628 bits per heavy atom. The number of nitrogen functional groups attached to an aromatic ring is 1. The van der Waals surface area contributed by atoms with Crippen molar-refractivity contribution in [1.82, 2.24) is 0 Å². The molecule has 4 rings (SSSR count). The number of halogens is 1. The van der Waals surface area contributed by atoms with Gasteiger partial charge in [0.1, 0.15) is 73.2 Å². The normalized spacial score (nSPS) is 43.9. The van der Waals surface area contributed by atoms with Crippen molar-refractivity contribution in [2.75, 3.05) is 25.6 Å². The van der Waals surface area contributed by atoms with Gasteiger partial charge in [-0.2, -0.15) is 0 Å². The molecule has 1 aromatic carbocycles. The molecule has 3 fully saturated rings. The van der Waals surface area contributed by atoms with Crippen molar-refractivity contribution in [3.8, 4) is 0 Å². The zero-order valence-electron chi connectivity index (χ0n) is 22.6. The van der Waals surface area contributed by atoms with Crippen molar-refractivity contribution in [2.45, 2.75) is 98.7 Å². The van der Waals surface area contributed by atoms with E-state index in [2.05, 4.69) is 0 Å². The van der Waals surface area contributed by atoms with Gasteiger partial charge >= 0.3 is 0 Å². The van der Waals surface area contributed by atoms with Crippen molar-refractivity contribution >= 4 is 17.3 Å². The Bertz CT molecular complexity index is 1040. The third-order valence-corrected chi connectivity index (χ3v) is 7.89. The number of hydrogen-bond acceptors (Lipinski definition) is 17. The van der Waals surface area contributed by atoms with E-state index in [1.54, 1.807) is 18.2 Å². The molecule has 0 spiro atoms. The van der Waals surface area contributed by atoms with Crippen LogP contribution in [0.5, 0.6) is 0 Å². The van der Waals surface area contributed by atoms with Crippen LogP contribution in [0.2, 0.25) is 5.02 Å². The second-order valence-corrected chi connectivity index (χ2v) is 10.9. The van der Waals surface area contributed by atoms with Crippen molar-refractivity contribution in [1.29, 1.82) is 0 Å². The summed E-state index contributed by atoms with van der Waals surface area (Å²) >= 11 is 5.91. The smallest absolute Gasteiger partial charge is 0.187 e. The van der Waals surface area contributed by atoms with Gasteiger partial charge in [-0.1, -0.05) is 17.7 Å². The molecule has 3 heterocycles. The van der Waals surface area contributed by atoms with Crippen molar-refractivity contribution in [3.05, 3.63) is 28.8 Å². The first-order valence-corrected chi connectivity index (χ1v) is 13.8. The molecule has 0 radical (unpaired) electrons. The van der Waals surface area contributed by atoms with Crippen molar-refractivity contribution in [2.24, 2.45) is 0 Å². The maximum atomic E-state index is 10.8. The molecule has 0 aliphatic carbocycles. The Morgan fingerprint density at radius 3 is 1.60 bits per heavy atom. The largest absolute Gasteiger partial charge is 0.398 e. The van der Waals surface area contributed by atoms with Crippen LogP contribution in [0.15, 0.2) is 18.2 Å². The number of aliphatic hydroxyl groups is 10. The number of benzene rings is 1. The van der Waals surface area contributed by atoms with E-state index in [1.807, 2.05) is 0 Å². The van der Waals surface area contributed by atoms with Crippen LogP contribution in [0.3, 0.4) is 0 Å². The van der Waals surface area contributed by atoms with Crippen molar-refractivity contribution in [3.63, 3.8) is 0 Å². The third kappa shape index (κ3) is 7.40. The highest BCUT2D eigenvalue weighted by Gasteiger charge is 2.53. The highest BCUT2D eigenvalue weighted by Crippen LogP contribution is 2.33. The lowest BCUT2D eigenvalue weighted by Crippen LogP contribution is -2.66. The predicted octanol–water partition coefficient (Wildman–Crippen LogP) is -5.11. The highest BCUT2D eigenvalue weighted by molar-refractivity contribution is 6.33. The van der Waals surface area contributed by atoms with Crippen LogP contribution in [0, 0.1) is 0 Å². The Labute approximate surface area is 250 Å². The molecule has 17 nitrogen and oxygen atoms in total. The van der Waals surface area contributed by atoms with Gasteiger partial charge in [0.05, 0.1) is 37.1 Å². The van der Waals surface area contributed by atoms with Crippen LogP contribution < -0.4 is 5.73 Å². The van der Waals surface area contributed by atoms with Gasteiger partial charge < -0.3 is 85.2 Å². The standard InChI is InChI=1S/C25H38ClNO16/c26-9-2-1-8(3-10(9)27)7-38-23-19(36)16(33)21(12(5-29)40-23)43-25-20(37)17(34)22(13(6-30)41-25)42-24-18(35)15(32)14(31)11(4-28)39-24/h1-3,11-25,28-37H,4-7,27H2/t11-,12-,13-,14-,15+,16-,17-,18-,19-,20-,21-,22-,23-,24-,25-/m1/s1. The van der Waals surface area contributed by atoms with Gasteiger partial charge in [0.15, 0.2) is 18.9 Å². The van der Waals surface area contributed by atoms with Gasteiger partial charge in [-0.15, -0.1) is 0 Å². The van der Waals surface area contributed by atoms with E-state index < -0.39 is 112 Å². The number of ether oxygens (including phenoxy) is 6. The molecule has 0 unspecified atom stereocenters. The molecule has 3 aliphatic heterocycles. The first kappa shape index (κ1) is 34.5. The third-order valence-electron chi connectivity index (χ3n) is 7.55. The summed E-state index contributed by atoms with van der Waals surface area (Å²) in [5.74, 6) is 0. The van der Waals surface area contributed by atoms with E-state index in [0.717, 1.165) is 0 Å². The lowest BCUT2D eigenvalue weighted by molar-refractivity contribution is -0.379. The van der Waals surface area contributed by atoms with Crippen LogP contribution in [0.25, 0.3) is 0 Å². The Kier molecular flexibility index (Phi) is 11.9. The second kappa shape index (κ2) is 14.8. The summed E-state index contributed by atoms with van der Waals surface area (Å²) in [6, 6.07) is 4.72. The summed E-state index contributed by atoms with van der Waals surface area (Å²) in [6.07, 6.45) is -24.7. The fourth-order valence-corrected chi connectivity index (χ4v) is 5.16. The van der Waals surface area contributed by atoms with Gasteiger partial charge in [0.2, 0.25) is 0 Å². The molecule has 3 aliphatic rings. The van der Waals surface area contributed by atoms with Crippen LogP contribution in [0.4, 0.5) is 5.69 Å². The predicted molar refractivity (Wildman–Crippen MR) is 140 cm³/mol. The molecule has 43 heavy (non-hydrogen) atoms. The molecule has 18 heteroatoms. The summed E-state index contributed by atoms with van der Waals surface area (Å²) in [6.45, 7) is -2.42. The van der Waals surface area contributed by atoms with Gasteiger partial charge in [-0.3, -0.25) is 0 Å². The van der Waals surface area contributed by atoms with Crippen LogP contribution in [0.1, 0.15) is 5.56 Å². The lowest BCUT2D eigenvalue weighted by atomic mass is 9.96. The molecule has 12 N–H and O–H groups in total. The SMILES string of the molecule is Nc1cc(CO[C@@H]2O[C@H](CO)[C@@H](O[C@H]3O[C@H](CO)[C@@H](O[C@H]4O[C@H](CO)[C@@H](O)[C@H](O)[C@H]4O)[C@H](O)[C@H]3O)[C@H](O)[C@H]2O)ccc1Cl. The Balaban J connectivity index is 1.40. The first-order chi connectivity index (χ1) is 20.4. The van der Waals surface area contributed by atoms with Crippen LogP contribution in [-0.2, 0) is 35.0 Å². The Morgan fingerprint density at radius 2 is 1.09 bits per heavy atom. The minimum atomic E-state index is -1.93. The molecule has 1 aromatic rings. The maximum absolute atomic E-state index is 10.8. The quantitative estimate of drug-likeness (QED) is 0.106. The van der Waals surface area contributed by atoms with Crippen LogP contribution in [-0.4, -0.2) is 163 Å². The minimum absolute atomic E-state index is 0.107. The number of hydrogen-bond donors (Lipinski definition) is 11. The number of anilines is 1. The van der Waals surface area contributed by atoms with E-state index in [4.69, 9.17) is 45.8 Å². The molecule has 246 valence electrons. The van der Waals surface area contributed by atoms with Gasteiger partial charge in [-0.25, -0.2) is 0 Å². The molecule has 15 atom stereocenters. The van der Waals surface area contributed by atoms with E-state index in [9.17, 15) is 51.1 Å². The van der Waals surface area contributed by atoms with E-state index >= 15 is 0 Å². The summed E-state index contributed by atoms with van der Waals surface area (Å²) in [7, 11) is 0. The monoisotopic (exact) mass is 643 g/mol. The molecule has 0 saturated carbocycles. The van der Waals surface area contributed by atoms with Crippen molar-refractivity contribution < 1.29 is 79.5 Å². The fraction of sp³-hybridized carbons (Fsp3) is 0.760. The Hall–Kier alpha value is -1.33. The lowest BCUT2D eigenvalue weighted by Gasteiger charge is -2.48. The van der Waals surface area contributed by atoms with E-state index in [-0.39, 0.29) is 6.61 Å². The summed E-state index contributed by atoms with van der Waals surface area (Å²) in [5.41, 5.74) is 6.65. The zero-order chi connectivity index (χ0) is 31.6. The zero-order valence-corrected chi connectivity index (χ0v) is 23.4. The minimum Gasteiger partial charge on any atom is -0.398 e. The van der Waals surface area contributed by atoms with Gasteiger partial charge in [-0.05, 0) is 17.7 Å². The first-order valence-electron chi connectivity index (χ1n) is 13.4. The number of aliphatic hydroxyl groups excluding tert-OH is 10. The number of nitrogens with two attached hydrogens (primary N) is 1. The highest BCUT2D eigenvalue weighted by atomic mass is 35.5. The molecule has 0 amide bonds. The topological polar surface area (TPSA) is 284 Å². The summed E-state index contributed by atoms with van der Waals surface area (Å²) in [5, 5.41) is 103. The molecular weight excluding hydrogens is 606 g/mol. The molecule has 0 aromatic heterocycles. The average Bonchev–Trinajstić information content (AvgIpc) is 3.00. The molecule has 0 bridgehead atoms. The molecular formula is C25H38ClNO16. The molecule has 3 saturated heterocycles. The number of rotatable bonds is 10. The van der Waals surface area contributed by atoms with Gasteiger partial charge in [0.25, 0.3) is 0 Å².